The number of anilines is 2. The monoisotopic (exact) mass is 648 g/mol. The van der Waals surface area contributed by atoms with Crippen molar-refractivity contribution in [3.05, 3.63) is 83.4 Å². The summed E-state index contributed by atoms with van der Waals surface area (Å²) < 4.78 is 72.6. The van der Waals surface area contributed by atoms with E-state index in [1.54, 1.807) is 19.1 Å². The maximum Gasteiger partial charge on any atom is 0.416 e. The summed E-state index contributed by atoms with van der Waals surface area (Å²) in [5.74, 6) is -0.662. The molecule has 4 rings (SSSR count). The van der Waals surface area contributed by atoms with Gasteiger partial charge in [-0.05, 0) is 68.4 Å². The third-order valence-corrected chi connectivity index (χ3v) is 9.40. The number of rotatable bonds is 8. The number of hydrogen-bond acceptors (Lipinski definition) is 6. The quantitative estimate of drug-likeness (QED) is 0.308. The van der Waals surface area contributed by atoms with Crippen molar-refractivity contribution in [1.82, 2.24) is 9.21 Å². The fourth-order valence-corrected chi connectivity index (χ4v) is 5.98. The summed E-state index contributed by atoms with van der Waals surface area (Å²) >= 11 is 0. The number of benzene rings is 3. The average molecular weight is 649 g/mol. The zero-order valence-corrected chi connectivity index (χ0v) is 25.9. The van der Waals surface area contributed by atoms with Crippen LogP contribution in [-0.2, 0) is 16.2 Å². The fraction of sp³-hybridized carbons (Fsp3) is 0.355. The largest absolute Gasteiger partial charge is 0.488 e. The number of urea groups is 1. The van der Waals surface area contributed by atoms with Gasteiger partial charge in [0.05, 0.1) is 35.2 Å². The number of nitrogens with one attached hydrogen (secondary N) is 2. The fourth-order valence-electron chi connectivity index (χ4n) is 4.80. The Labute approximate surface area is 259 Å². The van der Waals surface area contributed by atoms with Gasteiger partial charge in [0.25, 0.3) is 5.91 Å². The van der Waals surface area contributed by atoms with Crippen molar-refractivity contribution in [2.24, 2.45) is 5.92 Å². The summed E-state index contributed by atoms with van der Waals surface area (Å²) in [6.45, 7) is 5.14. The van der Waals surface area contributed by atoms with Crippen LogP contribution in [0.1, 0.15) is 35.3 Å². The van der Waals surface area contributed by atoms with Gasteiger partial charge in [0, 0.05) is 30.9 Å². The van der Waals surface area contributed by atoms with Crippen LogP contribution in [0.4, 0.5) is 29.3 Å². The van der Waals surface area contributed by atoms with E-state index in [0.29, 0.717) is 0 Å². The highest BCUT2D eigenvalue weighted by Crippen LogP contribution is 2.32. The van der Waals surface area contributed by atoms with E-state index >= 15 is 0 Å². The highest BCUT2D eigenvalue weighted by molar-refractivity contribution is 7.89. The SMILES string of the molecule is Cc1ccc(S(=O)(=O)N(C)C[C@@H]2Oc3ccc(NC(=O)Nc4ccc(C(F)(F)F)cc4)cc3C(=O)N([C@H](C)CO)C[C@@H]2C)cc1. The summed E-state index contributed by atoms with van der Waals surface area (Å²) in [4.78, 5) is 27.9. The summed E-state index contributed by atoms with van der Waals surface area (Å²) in [5.41, 5.74) is 0.441. The smallest absolute Gasteiger partial charge is 0.416 e. The Morgan fingerprint density at radius 2 is 1.67 bits per heavy atom. The molecule has 0 bridgehead atoms. The summed E-state index contributed by atoms with van der Waals surface area (Å²) in [6, 6.07) is 13.4. The van der Waals surface area contributed by atoms with Gasteiger partial charge in [-0.2, -0.15) is 17.5 Å². The van der Waals surface area contributed by atoms with Gasteiger partial charge in [0.2, 0.25) is 10.0 Å². The van der Waals surface area contributed by atoms with Crippen molar-refractivity contribution in [3.8, 4) is 5.75 Å². The molecule has 0 fully saturated rings. The lowest BCUT2D eigenvalue weighted by molar-refractivity contribution is -0.137. The first-order chi connectivity index (χ1) is 21.1. The molecule has 0 unspecified atom stereocenters. The minimum Gasteiger partial charge on any atom is -0.488 e. The number of halogens is 3. The first-order valence-corrected chi connectivity index (χ1v) is 15.5. The van der Waals surface area contributed by atoms with Crippen molar-refractivity contribution in [3.63, 3.8) is 0 Å². The van der Waals surface area contributed by atoms with Crippen molar-refractivity contribution < 1.29 is 41.0 Å². The van der Waals surface area contributed by atoms with Crippen LogP contribution >= 0.6 is 0 Å². The van der Waals surface area contributed by atoms with E-state index in [1.807, 2.05) is 13.8 Å². The lowest BCUT2D eigenvalue weighted by Crippen LogP contribution is -2.50. The van der Waals surface area contributed by atoms with E-state index in [4.69, 9.17) is 4.74 Å². The second-order valence-corrected chi connectivity index (χ2v) is 13.1. The molecule has 3 N–H and O–H groups in total. The molecule has 14 heteroatoms. The molecule has 0 aliphatic carbocycles. The Kier molecular flexibility index (Phi) is 10.1. The molecule has 0 aromatic heterocycles. The lowest BCUT2D eigenvalue weighted by atomic mass is 9.99. The molecule has 45 heavy (non-hydrogen) atoms. The molecular weight excluding hydrogens is 613 g/mol. The van der Waals surface area contributed by atoms with E-state index < -0.39 is 45.8 Å². The Balaban J connectivity index is 1.58. The molecule has 3 amide bonds. The number of nitrogens with zero attached hydrogens (tertiary/aromatic N) is 2. The minimum atomic E-state index is -4.51. The third kappa shape index (κ3) is 7.93. The topological polar surface area (TPSA) is 128 Å². The Hall–Kier alpha value is -4.14. The zero-order chi connectivity index (χ0) is 33.1. The number of aliphatic hydroxyl groups excluding tert-OH is 1. The maximum absolute atomic E-state index is 13.7. The number of carbonyl (C=O) groups is 2. The van der Waals surface area contributed by atoms with Crippen molar-refractivity contribution in [2.75, 3.05) is 37.4 Å². The van der Waals surface area contributed by atoms with Crippen LogP contribution in [0.25, 0.3) is 0 Å². The van der Waals surface area contributed by atoms with Crippen LogP contribution in [0, 0.1) is 12.8 Å². The molecule has 1 aliphatic heterocycles. The van der Waals surface area contributed by atoms with Crippen LogP contribution in [-0.4, -0.2) is 73.6 Å². The predicted octanol–water partition coefficient (Wildman–Crippen LogP) is 5.20. The van der Waals surface area contributed by atoms with Gasteiger partial charge in [-0.1, -0.05) is 24.6 Å². The highest BCUT2D eigenvalue weighted by Gasteiger charge is 2.35. The number of alkyl halides is 3. The minimum absolute atomic E-state index is 0.0398. The molecule has 3 aromatic rings. The molecule has 10 nitrogen and oxygen atoms in total. The number of ether oxygens (including phenoxy) is 1. The second-order valence-electron chi connectivity index (χ2n) is 11.1. The van der Waals surface area contributed by atoms with E-state index in [0.717, 1.165) is 29.8 Å². The summed E-state index contributed by atoms with van der Waals surface area (Å²) in [6.07, 6.45) is -5.21. The van der Waals surface area contributed by atoms with Crippen molar-refractivity contribution in [1.29, 1.82) is 0 Å². The van der Waals surface area contributed by atoms with Gasteiger partial charge in [0.1, 0.15) is 11.9 Å². The van der Waals surface area contributed by atoms with Crippen LogP contribution in [0.3, 0.4) is 0 Å². The Morgan fingerprint density at radius 1 is 1.07 bits per heavy atom. The van der Waals surface area contributed by atoms with E-state index in [1.165, 1.54) is 46.6 Å². The van der Waals surface area contributed by atoms with Crippen LogP contribution in [0.2, 0.25) is 0 Å². The first-order valence-electron chi connectivity index (χ1n) is 14.1. The summed E-state index contributed by atoms with van der Waals surface area (Å²) in [5, 5.41) is 14.9. The summed E-state index contributed by atoms with van der Waals surface area (Å²) in [7, 11) is -2.40. The normalized spacial score (nSPS) is 18.0. The number of fused-ring (bicyclic) bond motifs is 1. The number of aliphatic hydroxyl groups is 1. The van der Waals surface area contributed by atoms with Crippen LogP contribution < -0.4 is 15.4 Å². The van der Waals surface area contributed by atoms with Crippen LogP contribution in [0.15, 0.2) is 71.6 Å². The molecule has 3 aromatic carbocycles. The molecule has 1 heterocycles. The standard InChI is InChI=1S/C31H35F3N4O6S/c1-19-5-12-25(13-6-19)45(42,43)37(4)17-28-20(2)16-38(21(3)18-39)29(40)26-15-24(11-14-27(26)44-28)36-30(41)35-23-9-7-22(8-10-23)31(32,33)34/h5-15,20-21,28,39H,16-18H2,1-4H3,(H2,35,36,41)/t20-,21+,28-/m0/s1. The number of amides is 3. The average Bonchev–Trinajstić information content (AvgIpc) is 2.98. The van der Waals surface area contributed by atoms with E-state index in [2.05, 4.69) is 10.6 Å². The molecule has 0 radical (unpaired) electrons. The molecular formula is C31H35F3N4O6S. The number of hydrogen-bond donors (Lipinski definition) is 3. The van der Waals surface area contributed by atoms with Crippen molar-refractivity contribution in [2.45, 2.75) is 44.0 Å². The van der Waals surface area contributed by atoms with Gasteiger partial charge in [-0.3, -0.25) is 4.79 Å². The first kappa shape index (κ1) is 33.7. The molecule has 3 atom stereocenters. The number of aryl methyl sites for hydroxylation is 1. The number of carbonyl (C=O) groups excluding carboxylic acids is 2. The van der Waals surface area contributed by atoms with E-state index in [9.17, 15) is 36.3 Å². The van der Waals surface area contributed by atoms with Gasteiger partial charge in [-0.25, -0.2) is 13.2 Å². The molecule has 1 aliphatic rings. The maximum atomic E-state index is 13.7. The molecule has 0 saturated heterocycles. The van der Waals surface area contributed by atoms with Gasteiger partial charge < -0.3 is 25.4 Å². The predicted molar refractivity (Wildman–Crippen MR) is 163 cm³/mol. The van der Waals surface area contributed by atoms with Gasteiger partial charge >= 0.3 is 12.2 Å². The molecule has 242 valence electrons. The number of sulfonamides is 1. The third-order valence-electron chi connectivity index (χ3n) is 7.56. The van der Waals surface area contributed by atoms with Crippen molar-refractivity contribution >= 4 is 33.3 Å². The van der Waals surface area contributed by atoms with Gasteiger partial charge in [-0.15, -0.1) is 0 Å². The Morgan fingerprint density at radius 3 is 2.27 bits per heavy atom. The van der Waals surface area contributed by atoms with E-state index in [-0.39, 0.29) is 53.2 Å². The molecule has 0 saturated carbocycles. The van der Waals surface area contributed by atoms with Gasteiger partial charge in [0.15, 0.2) is 0 Å². The van der Waals surface area contributed by atoms with Crippen LogP contribution in [0.5, 0.6) is 5.75 Å². The second kappa shape index (κ2) is 13.5. The zero-order valence-electron chi connectivity index (χ0n) is 25.1. The number of likely N-dealkylation sites (N-methyl/N-ethyl adjacent to an activating group) is 1. The highest BCUT2D eigenvalue weighted by atomic mass is 32.2. The lowest BCUT2D eigenvalue weighted by Gasteiger charge is -2.38. The Bertz CT molecular complexity index is 1630. The molecule has 0 spiro atoms.